The number of nitrogens with two attached hydrogens (primary N) is 1. The Balaban J connectivity index is 2.01. The molecule has 0 aliphatic heterocycles. The first-order chi connectivity index (χ1) is 8.75. The second-order valence-electron chi connectivity index (χ2n) is 5.16. The van der Waals surface area contributed by atoms with Crippen molar-refractivity contribution >= 4 is 16.6 Å². The highest BCUT2D eigenvalue weighted by Crippen LogP contribution is 2.30. The van der Waals surface area contributed by atoms with Crippen LogP contribution in [-0.4, -0.2) is 11.8 Å². The van der Waals surface area contributed by atoms with Gasteiger partial charge >= 0.3 is 0 Å². The Morgan fingerprint density at radius 2 is 1.83 bits per heavy atom. The maximum atomic E-state index is 12.6. The van der Waals surface area contributed by atoms with Gasteiger partial charge in [-0.3, -0.25) is 4.79 Å². The van der Waals surface area contributed by atoms with Gasteiger partial charge in [-0.05, 0) is 30.0 Å². The quantitative estimate of drug-likeness (QED) is 0.818. The maximum absolute atomic E-state index is 12.6. The van der Waals surface area contributed by atoms with Gasteiger partial charge in [0, 0.05) is 17.5 Å². The van der Waals surface area contributed by atoms with Gasteiger partial charge < -0.3 is 5.73 Å². The third kappa shape index (κ3) is 1.93. The molecule has 2 nitrogen and oxygen atoms in total. The highest BCUT2D eigenvalue weighted by atomic mass is 16.1. The summed E-state index contributed by atoms with van der Waals surface area (Å²) in [5.41, 5.74) is 6.76. The van der Waals surface area contributed by atoms with Crippen LogP contribution in [0.2, 0.25) is 0 Å². The van der Waals surface area contributed by atoms with Crippen molar-refractivity contribution in [2.45, 2.75) is 25.3 Å². The summed E-state index contributed by atoms with van der Waals surface area (Å²) in [7, 11) is 0. The fourth-order valence-electron chi connectivity index (χ4n) is 2.91. The second kappa shape index (κ2) is 4.54. The summed E-state index contributed by atoms with van der Waals surface area (Å²) in [4.78, 5) is 12.6. The summed E-state index contributed by atoms with van der Waals surface area (Å²) >= 11 is 0. The van der Waals surface area contributed by atoms with E-state index >= 15 is 0 Å². The number of carbonyl (C=O) groups excluding carboxylic acids is 1. The fourth-order valence-corrected chi connectivity index (χ4v) is 2.91. The first-order valence-electron chi connectivity index (χ1n) is 6.53. The smallest absolute Gasteiger partial charge is 0.166 e. The van der Waals surface area contributed by atoms with E-state index in [0.717, 1.165) is 35.6 Å². The minimum Gasteiger partial charge on any atom is -0.328 e. The van der Waals surface area contributed by atoms with Gasteiger partial charge in [-0.2, -0.15) is 0 Å². The first-order valence-corrected chi connectivity index (χ1v) is 6.53. The third-order valence-electron chi connectivity index (χ3n) is 3.90. The monoisotopic (exact) mass is 239 g/mol. The van der Waals surface area contributed by atoms with Crippen LogP contribution >= 0.6 is 0 Å². The van der Waals surface area contributed by atoms with E-state index in [1.807, 2.05) is 42.5 Å². The van der Waals surface area contributed by atoms with Crippen LogP contribution in [0.25, 0.3) is 10.8 Å². The molecule has 1 aliphatic rings. The fraction of sp³-hybridized carbons (Fsp3) is 0.312. The molecule has 2 atom stereocenters. The minimum absolute atomic E-state index is 0.116. The summed E-state index contributed by atoms with van der Waals surface area (Å²) in [6, 6.07) is 14.2. The van der Waals surface area contributed by atoms with Crippen molar-refractivity contribution in [3.05, 3.63) is 48.0 Å². The van der Waals surface area contributed by atoms with Gasteiger partial charge in [0.25, 0.3) is 0 Å². The van der Waals surface area contributed by atoms with Crippen molar-refractivity contribution in [2.75, 3.05) is 0 Å². The predicted molar refractivity (Wildman–Crippen MR) is 73.6 cm³/mol. The summed E-state index contributed by atoms with van der Waals surface area (Å²) in [6.07, 6.45) is 2.74. The van der Waals surface area contributed by atoms with E-state index in [0.29, 0.717) is 0 Å². The van der Waals surface area contributed by atoms with Gasteiger partial charge in [0.1, 0.15) is 0 Å². The lowest BCUT2D eigenvalue weighted by Gasteiger charge is -2.11. The molecule has 0 amide bonds. The first kappa shape index (κ1) is 11.4. The molecule has 0 radical (unpaired) electrons. The van der Waals surface area contributed by atoms with Gasteiger partial charge in [-0.15, -0.1) is 0 Å². The van der Waals surface area contributed by atoms with Crippen LogP contribution in [0, 0.1) is 5.92 Å². The molecule has 2 heteroatoms. The molecule has 18 heavy (non-hydrogen) atoms. The highest BCUT2D eigenvalue weighted by Gasteiger charge is 2.29. The molecule has 0 saturated heterocycles. The van der Waals surface area contributed by atoms with E-state index in [4.69, 9.17) is 5.73 Å². The van der Waals surface area contributed by atoms with Gasteiger partial charge in [0.15, 0.2) is 5.78 Å². The van der Waals surface area contributed by atoms with Crippen molar-refractivity contribution in [3.63, 3.8) is 0 Å². The zero-order valence-corrected chi connectivity index (χ0v) is 10.3. The predicted octanol–water partition coefficient (Wildman–Crippen LogP) is 3.15. The number of benzene rings is 2. The molecule has 1 saturated carbocycles. The Bertz CT molecular complexity index is 585. The van der Waals surface area contributed by atoms with Crippen molar-refractivity contribution in [1.82, 2.24) is 0 Å². The number of hydrogen-bond acceptors (Lipinski definition) is 2. The Hall–Kier alpha value is -1.67. The zero-order valence-electron chi connectivity index (χ0n) is 10.3. The van der Waals surface area contributed by atoms with Gasteiger partial charge in [-0.1, -0.05) is 42.5 Å². The van der Waals surface area contributed by atoms with Crippen LogP contribution in [0.4, 0.5) is 0 Å². The van der Waals surface area contributed by atoms with E-state index in [2.05, 4.69) is 0 Å². The Kier molecular flexibility index (Phi) is 2.88. The Morgan fingerprint density at radius 1 is 1.06 bits per heavy atom. The van der Waals surface area contributed by atoms with Gasteiger partial charge in [-0.25, -0.2) is 0 Å². The van der Waals surface area contributed by atoms with E-state index in [-0.39, 0.29) is 17.7 Å². The van der Waals surface area contributed by atoms with Crippen LogP contribution in [0.3, 0.4) is 0 Å². The number of hydrogen-bond donors (Lipinski definition) is 1. The largest absolute Gasteiger partial charge is 0.328 e. The van der Waals surface area contributed by atoms with Crippen molar-refractivity contribution in [1.29, 1.82) is 0 Å². The van der Waals surface area contributed by atoms with Crippen LogP contribution in [0.15, 0.2) is 42.5 Å². The maximum Gasteiger partial charge on any atom is 0.166 e. The van der Waals surface area contributed by atoms with Gasteiger partial charge in [0.2, 0.25) is 0 Å². The lowest BCUT2D eigenvalue weighted by Crippen LogP contribution is -2.18. The second-order valence-corrected chi connectivity index (χ2v) is 5.16. The minimum atomic E-state index is 0.116. The average molecular weight is 239 g/mol. The molecule has 92 valence electrons. The molecular formula is C16H17NO. The number of ketones is 1. The summed E-state index contributed by atoms with van der Waals surface area (Å²) in [5.74, 6) is 0.380. The molecule has 0 bridgehead atoms. The normalized spacial score (nSPS) is 23.4. The summed E-state index contributed by atoms with van der Waals surface area (Å²) in [6.45, 7) is 0. The topological polar surface area (TPSA) is 43.1 Å². The van der Waals surface area contributed by atoms with E-state index in [1.165, 1.54) is 0 Å². The lowest BCUT2D eigenvalue weighted by atomic mass is 9.92. The number of fused-ring (bicyclic) bond motifs is 1. The standard InChI is InChI=1S/C16H17NO/c17-13-9-8-12(10-13)16(18)15-7-3-5-11-4-1-2-6-14(11)15/h1-7,12-13H,8-10,17H2. The molecule has 0 spiro atoms. The lowest BCUT2D eigenvalue weighted by molar-refractivity contribution is 0.0923. The van der Waals surface area contributed by atoms with Crippen LogP contribution < -0.4 is 5.73 Å². The van der Waals surface area contributed by atoms with E-state index in [1.54, 1.807) is 0 Å². The van der Waals surface area contributed by atoms with Crippen LogP contribution in [0.5, 0.6) is 0 Å². The molecule has 3 rings (SSSR count). The van der Waals surface area contributed by atoms with Crippen molar-refractivity contribution in [2.24, 2.45) is 11.7 Å². The van der Waals surface area contributed by atoms with E-state index < -0.39 is 0 Å². The number of rotatable bonds is 2. The average Bonchev–Trinajstić information content (AvgIpc) is 2.84. The highest BCUT2D eigenvalue weighted by molar-refractivity contribution is 6.09. The number of carbonyl (C=O) groups is 1. The van der Waals surface area contributed by atoms with Crippen LogP contribution in [-0.2, 0) is 0 Å². The molecule has 2 aromatic carbocycles. The molecule has 0 aromatic heterocycles. The van der Waals surface area contributed by atoms with E-state index in [9.17, 15) is 4.79 Å². The molecule has 0 heterocycles. The van der Waals surface area contributed by atoms with Crippen molar-refractivity contribution in [3.8, 4) is 0 Å². The van der Waals surface area contributed by atoms with Crippen LogP contribution in [0.1, 0.15) is 29.6 Å². The molecule has 2 N–H and O–H groups in total. The Labute approximate surface area is 107 Å². The van der Waals surface area contributed by atoms with Gasteiger partial charge in [0.05, 0.1) is 0 Å². The molecule has 1 fully saturated rings. The molecule has 2 aromatic rings. The summed E-state index contributed by atoms with van der Waals surface area (Å²) < 4.78 is 0. The van der Waals surface area contributed by atoms with Crippen molar-refractivity contribution < 1.29 is 4.79 Å². The molecule has 2 unspecified atom stereocenters. The molecule has 1 aliphatic carbocycles. The summed E-state index contributed by atoms with van der Waals surface area (Å²) in [5, 5.41) is 2.19. The Morgan fingerprint density at radius 3 is 2.61 bits per heavy atom. The molecular weight excluding hydrogens is 222 g/mol. The number of Topliss-reactive ketones (excluding diaryl/α,β-unsaturated/α-hetero) is 1. The third-order valence-corrected chi connectivity index (χ3v) is 3.90. The zero-order chi connectivity index (χ0) is 12.5. The SMILES string of the molecule is NC1CCC(C(=O)c2cccc3ccccc23)C1.